The Morgan fingerprint density at radius 2 is 2.16 bits per heavy atom. The van der Waals surface area contributed by atoms with Gasteiger partial charge in [0.2, 0.25) is 21.8 Å². The van der Waals surface area contributed by atoms with E-state index in [-0.39, 0.29) is 18.9 Å². The topological polar surface area (TPSA) is 103 Å². The third-order valence-corrected chi connectivity index (χ3v) is 4.33. The van der Waals surface area contributed by atoms with Gasteiger partial charge in [0.05, 0.1) is 18.5 Å². The molecule has 2 N–H and O–H groups in total. The molecule has 0 spiro atoms. The minimum Gasteiger partial charge on any atom is -0.481 e. The summed E-state index contributed by atoms with van der Waals surface area (Å²) in [5.74, 6) is 0.171. The number of rotatable bonds is 3. The van der Waals surface area contributed by atoms with E-state index in [1.807, 2.05) is 0 Å². The number of carbonyl (C=O) groups is 1. The first-order valence-electron chi connectivity index (χ1n) is 5.66. The lowest BCUT2D eigenvalue weighted by Crippen LogP contribution is -2.32. The summed E-state index contributed by atoms with van der Waals surface area (Å²) in [4.78, 5) is 17.4. The van der Waals surface area contributed by atoms with Crippen molar-refractivity contribution in [1.82, 2.24) is 4.98 Å². The van der Waals surface area contributed by atoms with Crippen molar-refractivity contribution in [3.63, 3.8) is 0 Å². The van der Waals surface area contributed by atoms with Gasteiger partial charge in [-0.2, -0.15) is 0 Å². The zero-order valence-corrected chi connectivity index (χ0v) is 11.5. The average Bonchev–Trinajstić information content (AvgIpc) is 2.71. The molecule has 1 aromatic rings. The number of anilines is 1. The molecule has 8 heteroatoms. The van der Waals surface area contributed by atoms with Gasteiger partial charge in [-0.3, -0.25) is 4.79 Å². The Morgan fingerprint density at radius 3 is 2.63 bits per heavy atom. The SMILES string of the molecule is COc1ccc(N2CC(S(N)(=O)=O)CC2=O)c(C)n1. The second-order valence-corrected chi connectivity index (χ2v) is 6.22. The first-order valence-corrected chi connectivity index (χ1v) is 7.27. The van der Waals surface area contributed by atoms with E-state index in [0.29, 0.717) is 17.3 Å². The average molecular weight is 285 g/mol. The molecule has 2 heterocycles. The molecule has 1 amide bonds. The fourth-order valence-corrected chi connectivity index (χ4v) is 2.79. The largest absolute Gasteiger partial charge is 0.481 e. The molecule has 104 valence electrons. The molecule has 0 saturated carbocycles. The van der Waals surface area contributed by atoms with Crippen LogP contribution in [-0.4, -0.2) is 38.2 Å². The summed E-state index contributed by atoms with van der Waals surface area (Å²) in [6.45, 7) is 1.79. The maximum absolute atomic E-state index is 11.9. The number of sulfonamides is 1. The summed E-state index contributed by atoms with van der Waals surface area (Å²) in [5.41, 5.74) is 1.18. The molecule has 0 aromatic carbocycles. The van der Waals surface area contributed by atoms with E-state index in [2.05, 4.69) is 4.98 Å². The van der Waals surface area contributed by atoms with Gasteiger partial charge in [-0.15, -0.1) is 0 Å². The van der Waals surface area contributed by atoms with Gasteiger partial charge in [0.1, 0.15) is 5.25 Å². The molecular weight excluding hydrogens is 270 g/mol. The number of hydrogen-bond acceptors (Lipinski definition) is 5. The number of amides is 1. The Bertz CT molecular complexity index is 614. The van der Waals surface area contributed by atoms with Crippen LogP contribution in [0.25, 0.3) is 0 Å². The number of methoxy groups -OCH3 is 1. The van der Waals surface area contributed by atoms with Crippen LogP contribution in [0.4, 0.5) is 5.69 Å². The van der Waals surface area contributed by atoms with Crippen molar-refractivity contribution in [3.05, 3.63) is 17.8 Å². The van der Waals surface area contributed by atoms with E-state index in [9.17, 15) is 13.2 Å². The van der Waals surface area contributed by atoms with Crippen LogP contribution in [-0.2, 0) is 14.8 Å². The van der Waals surface area contributed by atoms with E-state index in [0.717, 1.165) is 0 Å². The van der Waals surface area contributed by atoms with E-state index >= 15 is 0 Å². The number of primary sulfonamides is 1. The van der Waals surface area contributed by atoms with E-state index in [1.54, 1.807) is 19.1 Å². The van der Waals surface area contributed by atoms with Gasteiger partial charge < -0.3 is 9.64 Å². The number of nitrogens with two attached hydrogens (primary N) is 1. The number of hydrogen-bond donors (Lipinski definition) is 1. The van der Waals surface area contributed by atoms with Gasteiger partial charge in [-0.25, -0.2) is 18.5 Å². The van der Waals surface area contributed by atoms with Gasteiger partial charge in [0.25, 0.3) is 0 Å². The van der Waals surface area contributed by atoms with Crippen molar-refractivity contribution in [2.45, 2.75) is 18.6 Å². The van der Waals surface area contributed by atoms with Crippen LogP contribution in [0.2, 0.25) is 0 Å². The highest BCUT2D eigenvalue weighted by molar-refractivity contribution is 7.89. The third kappa shape index (κ3) is 2.69. The van der Waals surface area contributed by atoms with Crippen molar-refractivity contribution in [1.29, 1.82) is 0 Å². The highest BCUT2D eigenvalue weighted by atomic mass is 32.2. The number of ether oxygens (including phenoxy) is 1. The van der Waals surface area contributed by atoms with E-state index in [1.165, 1.54) is 12.0 Å². The second-order valence-electron chi connectivity index (χ2n) is 4.38. The molecule has 1 aliphatic heterocycles. The van der Waals surface area contributed by atoms with Crippen LogP contribution < -0.4 is 14.8 Å². The molecule has 7 nitrogen and oxygen atoms in total. The number of pyridine rings is 1. The molecule has 0 bridgehead atoms. The maximum Gasteiger partial charge on any atom is 0.228 e. The molecule has 1 fully saturated rings. The Kier molecular flexibility index (Phi) is 3.46. The van der Waals surface area contributed by atoms with Crippen molar-refractivity contribution in [3.8, 4) is 5.88 Å². The van der Waals surface area contributed by atoms with Crippen LogP contribution in [0.1, 0.15) is 12.1 Å². The predicted molar refractivity (Wildman–Crippen MR) is 69.4 cm³/mol. The Labute approximate surface area is 111 Å². The molecule has 1 atom stereocenters. The standard InChI is InChI=1S/C11H15N3O4S/c1-7-9(3-4-10(13-7)18-2)14-6-8(5-11(14)15)19(12,16)17/h3-4,8H,5-6H2,1-2H3,(H2,12,16,17). The number of nitrogens with zero attached hydrogens (tertiary/aromatic N) is 2. The van der Waals surface area contributed by atoms with Gasteiger partial charge in [-0.05, 0) is 13.0 Å². The van der Waals surface area contributed by atoms with Crippen LogP contribution in [0.3, 0.4) is 0 Å². The van der Waals surface area contributed by atoms with Crippen LogP contribution in [0.15, 0.2) is 12.1 Å². The van der Waals surface area contributed by atoms with Crippen LogP contribution >= 0.6 is 0 Å². The van der Waals surface area contributed by atoms with Crippen LogP contribution in [0, 0.1) is 6.92 Å². The minimum absolute atomic E-state index is 0.0620. The lowest BCUT2D eigenvalue weighted by atomic mass is 10.3. The van der Waals surface area contributed by atoms with E-state index < -0.39 is 15.3 Å². The summed E-state index contributed by atoms with van der Waals surface area (Å²) in [6, 6.07) is 3.31. The summed E-state index contributed by atoms with van der Waals surface area (Å²) in [5, 5.41) is 4.22. The van der Waals surface area contributed by atoms with Gasteiger partial charge in [-0.1, -0.05) is 0 Å². The molecule has 1 aliphatic rings. The normalized spacial score (nSPS) is 19.8. The zero-order chi connectivity index (χ0) is 14.2. The maximum atomic E-state index is 11.9. The highest BCUT2D eigenvalue weighted by Gasteiger charge is 2.37. The van der Waals surface area contributed by atoms with Gasteiger partial charge in [0, 0.05) is 19.0 Å². The summed E-state index contributed by atoms with van der Waals surface area (Å²) < 4.78 is 27.6. The molecule has 1 unspecified atom stereocenters. The number of aryl methyl sites for hydroxylation is 1. The molecule has 1 aromatic heterocycles. The van der Waals surface area contributed by atoms with Crippen molar-refractivity contribution >= 4 is 21.6 Å². The molecule has 1 saturated heterocycles. The fraction of sp³-hybridized carbons (Fsp3) is 0.455. The zero-order valence-electron chi connectivity index (χ0n) is 10.7. The summed E-state index contributed by atoms with van der Waals surface area (Å²) in [7, 11) is -2.21. The number of carbonyl (C=O) groups excluding carboxylic acids is 1. The summed E-state index contributed by atoms with van der Waals surface area (Å²) >= 11 is 0. The monoisotopic (exact) mass is 285 g/mol. The second kappa shape index (κ2) is 4.78. The minimum atomic E-state index is -3.71. The quantitative estimate of drug-likeness (QED) is 0.828. The van der Waals surface area contributed by atoms with Crippen molar-refractivity contribution in [2.75, 3.05) is 18.6 Å². The Morgan fingerprint density at radius 1 is 1.47 bits per heavy atom. The van der Waals surface area contributed by atoms with Crippen molar-refractivity contribution in [2.24, 2.45) is 5.14 Å². The molecular formula is C11H15N3O4S. The van der Waals surface area contributed by atoms with Gasteiger partial charge >= 0.3 is 0 Å². The Hall–Kier alpha value is -1.67. The molecule has 0 radical (unpaired) electrons. The third-order valence-electron chi connectivity index (χ3n) is 3.09. The lowest BCUT2D eigenvalue weighted by molar-refractivity contribution is -0.117. The van der Waals surface area contributed by atoms with Crippen molar-refractivity contribution < 1.29 is 17.9 Å². The fourth-order valence-electron chi connectivity index (χ4n) is 2.06. The van der Waals surface area contributed by atoms with Crippen LogP contribution in [0.5, 0.6) is 5.88 Å². The molecule has 0 aliphatic carbocycles. The first-order chi connectivity index (χ1) is 8.82. The molecule has 2 rings (SSSR count). The predicted octanol–water partition coefficient (Wildman–Crippen LogP) is -0.208. The number of aromatic nitrogens is 1. The molecule has 19 heavy (non-hydrogen) atoms. The first kappa shape index (κ1) is 13.8. The highest BCUT2D eigenvalue weighted by Crippen LogP contribution is 2.27. The summed E-state index contributed by atoms with van der Waals surface area (Å²) in [6.07, 6.45) is -0.0930. The smallest absolute Gasteiger partial charge is 0.228 e. The van der Waals surface area contributed by atoms with Gasteiger partial charge in [0.15, 0.2) is 0 Å². The van der Waals surface area contributed by atoms with E-state index in [4.69, 9.17) is 9.88 Å². The Balaban J connectivity index is 2.31. The lowest BCUT2D eigenvalue weighted by Gasteiger charge is -2.18.